The summed E-state index contributed by atoms with van der Waals surface area (Å²) in [5.74, 6) is -0.512. The number of rotatable bonds is 1. The summed E-state index contributed by atoms with van der Waals surface area (Å²) in [6.07, 6.45) is 3.87. The van der Waals surface area contributed by atoms with Gasteiger partial charge in [-0.3, -0.25) is 9.59 Å². The zero-order valence-electron chi connectivity index (χ0n) is 11.0. The molecule has 1 aromatic rings. The second kappa shape index (κ2) is 4.75. The van der Waals surface area contributed by atoms with E-state index in [1.165, 1.54) is 0 Å². The van der Waals surface area contributed by atoms with Gasteiger partial charge >= 0.3 is 0 Å². The highest BCUT2D eigenvalue weighted by Gasteiger charge is 2.50. The highest BCUT2D eigenvalue weighted by Crippen LogP contribution is 2.46. The monoisotopic (exact) mass is 276 g/mol. The van der Waals surface area contributed by atoms with Gasteiger partial charge in [0.05, 0.1) is 0 Å². The van der Waals surface area contributed by atoms with Crippen molar-refractivity contribution < 1.29 is 9.59 Å². The van der Waals surface area contributed by atoms with E-state index >= 15 is 0 Å². The predicted octanol–water partition coefficient (Wildman–Crippen LogP) is 3.69. The van der Waals surface area contributed by atoms with Gasteiger partial charge in [0.25, 0.3) is 0 Å². The zero-order chi connectivity index (χ0) is 13.6. The maximum atomic E-state index is 12.6. The number of hydrogen-bond donors (Lipinski definition) is 0. The quantitative estimate of drug-likeness (QED) is 0.733. The number of carbonyl (C=O) groups is 2. The Morgan fingerprint density at radius 1 is 1.05 bits per heavy atom. The summed E-state index contributed by atoms with van der Waals surface area (Å²) >= 11 is 6.23. The fourth-order valence-electron chi connectivity index (χ4n) is 3.68. The lowest BCUT2D eigenvalue weighted by molar-refractivity contribution is -0.125. The summed E-state index contributed by atoms with van der Waals surface area (Å²) in [7, 11) is 0. The maximum Gasteiger partial charge on any atom is 0.151 e. The number of fused-ring (bicyclic) bond motifs is 1. The number of benzene rings is 1. The molecule has 0 aromatic heterocycles. The number of hydrogen-bond acceptors (Lipinski definition) is 2. The van der Waals surface area contributed by atoms with Crippen LogP contribution in [0.4, 0.5) is 0 Å². The van der Waals surface area contributed by atoms with E-state index in [1.807, 2.05) is 19.1 Å². The minimum Gasteiger partial charge on any atom is -0.298 e. The Hall–Kier alpha value is -1.15. The molecule has 0 bridgehead atoms. The Bertz CT molecular complexity index is 505. The Morgan fingerprint density at radius 3 is 2.16 bits per heavy atom. The number of aryl methyl sites for hydroxylation is 1. The fraction of sp³-hybridized carbons (Fsp3) is 0.500. The molecular weight excluding hydrogens is 260 g/mol. The van der Waals surface area contributed by atoms with Crippen LogP contribution in [-0.4, -0.2) is 11.6 Å². The minimum absolute atomic E-state index is 0.0538. The highest BCUT2D eigenvalue weighted by molar-refractivity contribution is 6.32. The molecule has 0 amide bonds. The van der Waals surface area contributed by atoms with Crippen LogP contribution in [0.15, 0.2) is 18.2 Å². The van der Waals surface area contributed by atoms with Gasteiger partial charge in [0, 0.05) is 16.9 Å². The van der Waals surface area contributed by atoms with E-state index in [0.29, 0.717) is 5.02 Å². The first-order chi connectivity index (χ1) is 9.11. The first-order valence-electron chi connectivity index (χ1n) is 6.93. The molecule has 0 N–H and O–H groups in total. The molecule has 0 heterocycles. The van der Waals surface area contributed by atoms with Gasteiger partial charge in [0.1, 0.15) is 5.92 Å². The molecule has 0 spiro atoms. The lowest BCUT2D eigenvalue weighted by Gasteiger charge is -2.21. The topological polar surface area (TPSA) is 34.1 Å². The van der Waals surface area contributed by atoms with Crippen molar-refractivity contribution in [2.24, 2.45) is 11.8 Å². The van der Waals surface area contributed by atoms with Crippen molar-refractivity contribution in [2.45, 2.75) is 38.5 Å². The van der Waals surface area contributed by atoms with Crippen LogP contribution in [0.3, 0.4) is 0 Å². The molecule has 2 nitrogen and oxygen atoms in total. The summed E-state index contributed by atoms with van der Waals surface area (Å²) in [6.45, 7) is 1.92. The molecule has 19 heavy (non-hydrogen) atoms. The Labute approximate surface area is 118 Å². The minimum atomic E-state index is -0.609. The van der Waals surface area contributed by atoms with Crippen molar-refractivity contribution in [3.8, 4) is 0 Å². The Morgan fingerprint density at radius 2 is 1.63 bits per heavy atom. The summed E-state index contributed by atoms with van der Waals surface area (Å²) in [4.78, 5) is 25.2. The van der Waals surface area contributed by atoms with Gasteiger partial charge in [-0.05, 0) is 37.0 Å². The van der Waals surface area contributed by atoms with Gasteiger partial charge in [0.15, 0.2) is 11.6 Å². The van der Waals surface area contributed by atoms with E-state index in [4.69, 9.17) is 11.6 Å². The van der Waals surface area contributed by atoms with Crippen molar-refractivity contribution in [1.29, 1.82) is 0 Å². The van der Waals surface area contributed by atoms with E-state index in [-0.39, 0.29) is 23.4 Å². The Balaban J connectivity index is 2.06. The molecule has 2 aliphatic rings. The second-order valence-corrected chi connectivity index (χ2v) is 6.11. The van der Waals surface area contributed by atoms with Gasteiger partial charge in [-0.2, -0.15) is 0 Å². The van der Waals surface area contributed by atoms with Gasteiger partial charge < -0.3 is 0 Å². The summed E-state index contributed by atoms with van der Waals surface area (Å²) in [6, 6.07) is 5.55. The van der Waals surface area contributed by atoms with Crippen LogP contribution in [0.5, 0.6) is 0 Å². The van der Waals surface area contributed by atoms with E-state index in [0.717, 1.165) is 36.8 Å². The molecule has 100 valence electrons. The summed E-state index contributed by atoms with van der Waals surface area (Å²) in [5.41, 5.74) is 1.69. The van der Waals surface area contributed by atoms with Crippen LogP contribution < -0.4 is 0 Å². The highest BCUT2D eigenvalue weighted by atomic mass is 35.5. The molecule has 2 saturated carbocycles. The average molecular weight is 277 g/mol. The first-order valence-corrected chi connectivity index (χ1v) is 7.31. The van der Waals surface area contributed by atoms with Crippen molar-refractivity contribution in [2.75, 3.05) is 0 Å². The molecule has 0 aliphatic heterocycles. The SMILES string of the molecule is Cc1cccc(Cl)c1C1C(=O)C2CCCCC2C1=O. The standard InChI is InChI=1S/C16H17ClO2/c1-9-5-4-8-12(17)13(9)14-15(18)10-6-2-3-7-11(10)16(14)19/h4-5,8,10-11,14H,2-3,6-7H2,1H3. The summed E-state index contributed by atoms with van der Waals surface area (Å²) < 4.78 is 0. The smallest absolute Gasteiger partial charge is 0.151 e. The average Bonchev–Trinajstić information content (AvgIpc) is 2.64. The number of carbonyl (C=O) groups excluding carboxylic acids is 2. The molecule has 0 radical (unpaired) electrons. The zero-order valence-corrected chi connectivity index (χ0v) is 11.7. The number of ketones is 2. The van der Waals surface area contributed by atoms with Crippen LogP contribution in [0.2, 0.25) is 5.02 Å². The van der Waals surface area contributed by atoms with Crippen LogP contribution in [0.25, 0.3) is 0 Å². The van der Waals surface area contributed by atoms with Crippen molar-refractivity contribution in [1.82, 2.24) is 0 Å². The predicted molar refractivity (Wildman–Crippen MR) is 74.4 cm³/mol. The van der Waals surface area contributed by atoms with E-state index in [2.05, 4.69) is 0 Å². The lowest BCUT2D eigenvalue weighted by atomic mass is 9.81. The number of halogens is 1. The van der Waals surface area contributed by atoms with Gasteiger partial charge in [-0.15, -0.1) is 0 Å². The van der Waals surface area contributed by atoms with Crippen molar-refractivity contribution in [3.05, 3.63) is 34.3 Å². The molecule has 0 saturated heterocycles. The normalized spacial score (nSPS) is 30.5. The largest absolute Gasteiger partial charge is 0.298 e. The first kappa shape index (κ1) is 12.9. The second-order valence-electron chi connectivity index (χ2n) is 5.71. The molecular formula is C16H17ClO2. The molecule has 1 aromatic carbocycles. The van der Waals surface area contributed by atoms with Crippen LogP contribution in [0.1, 0.15) is 42.7 Å². The molecule has 2 unspecified atom stereocenters. The summed E-state index contributed by atoms with van der Waals surface area (Å²) in [5, 5.41) is 0.547. The molecule has 3 heteroatoms. The molecule has 2 atom stereocenters. The van der Waals surface area contributed by atoms with E-state index < -0.39 is 5.92 Å². The van der Waals surface area contributed by atoms with Crippen LogP contribution in [0, 0.1) is 18.8 Å². The van der Waals surface area contributed by atoms with Crippen LogP contribution in [-0.2, 0) is 9.59 Å². The number of Topliss-reactive ketones (excluding diaryl/α,β-unsaturated/α-hetero) is 2. The van der Waals surface area contributed by atoms with E-state index in [1.54, 1.807) is 6.07 Å². The van der Waals surface area contributed by atoms with Crippen molar-refractivity contribution in [3.63, 3.8) is 0 Å². The maximum absolute atomic E-state index is 12.6. The third kappa shape index (κ3) is 1.93. The fourth-order valence-corrected chi connectivity index (χ4v) is 4.01. The lowest BCUT2D eigenvalue weighted by Crippen LogP contribution is -2.21. The Kier molecular flexibility index (Phi) is 3.22. The van der Waals surface area contributed by atoms with Crippen molar-refractivity contribution >= 4 is 23.2 Å². The van der Waals surface area contributed by atoms with Gasteiger partial charge in [-0.1, -0.05) is 36.6 Å². The third-order valence-corrected chi connectivity index (χ3v) is 4.96. The van der Waals surface area contributed by atoms with Crippen LogP contribution >= 0.6 is 11.6 Å². The van der Waals surface area contributed by atoms with Gasteiger partial charge in [-0.25, -0.2) is 0 Å². The third-order valence-electron chi connectivity index (χ3n) is 4.63. The van der Waals surface area contributed by atoms with E-state index in [9.17, 15) is 9.59 Å². The molecule has 3 rings (SSSR count). The van der Waals surface area contributed by atoms with Gasteiger partial charge in [0.2, 0.25) is 0 Å². The molecule has 2 aliphatic carbocycles. The molecule has 2 fully saturated rings.